The monoisotopic (exact) mass is 430 g/mol. The molecule has 0 atom stereocenters. The van der Waals surface area contributed by atoms with E-state index in [1.54, 1.807) is 6.08 Å². The highest BCUT2D eigenvalue weighted by Crippen LogP contribution is 2.23. The molecule has 3 nitrogen and oxygen atoms in total. The van der Waals surface area contributed by atoms with E-state index in [9.17, 15) is 10.1 Å². The Bertz CT molecular complexity index is 1080. The number of hydrogen-bond donors (Lipinski definition) is 1. The Balaban J connectivity index is 1.89. The lowest BCUT2D eigenvalue weighted by Gasteiger charge is -2.10. The number of benzene rings is 3. The van der Waals surface area contributed by atoms with Crippen LogP contribution in [0.2, 0.25) is 0 Å². The van der Waals surface area contributed by atoms with Gasteiger partial charge < -0.3 is 5.32 Å². The van der Waals surface area contributed by atoms with E-state index in [0.717, 1.165) is 26.7 Å². The molecule has 1 amide bonds. The summed E-state index contributed by atoms with van der Waals surface area (Å²) in [6.45, 7) is 1.92. The van der Waals surface area contributed by atoms with Gasteiger partial charge in [-0.2, -0.15) is 5.26 Å². The Labute approximate surface area is 173 Å². The fourth-order valence-electron chi connectivity index (χ4n) is 2.89. The molecule has 138 valence electrons. The summed E-state index contributed by atoms with van der Waals surface area (Å²) in [4.78, 5) is 12.6. The first-order chi connectivity index (χ1) is 13.6. The van der Waals surface area contributed by atoms with Crippen molar-refractivity contribution in [3.63, 3.8) is 0 Å². The fraction of sp³-hybridized carbons (Fsp3) is 0.0833. The number of nitriles is 1. The van der Waals surface area contributed by atoms with Crippen LogP contribution in [-0.2, 0) is 11.2 Å². The molecule has 3 rings (SSSR count). The largest absolute Gasteiger partial charge is 0.321 e. The van der Waals surface area contributed by atoms with Crippen molar-refractivity contribution < 1.29 is 4.79 Å². The van der Waals surface area contributed by atoms with Gasteiger partial charge in [-0.3, -0.25) is 4.79 Å². The molecule has 0 radical (unpaired) electrons. The summed E-state index contributed by atoms with van der Waals surface area (Å²) in [7, 11) is 0. The van der Waals surface area contributed by atoms with Gasteiger partial charge in [0.25, 0.3) is 5.91 Å². The standard InChI is InChI=1S/C24H19BrN2O/c1-17-8-2-7-13-23(17)27-24(28)21(16-26)15-19-10-4-3-9-18(19)14-20-11-5-6-12-22(20)25/h2-13,15H,14H2,1H3,(H,27,28)/b21-15+. The van der Waals surface area contributed by atoms with Gasteiger partial charge in [0.1, 0.15) is 11.6 Å². The summed E-state index contributed by atoms with van der Waals surface area (Å²) in [5.74, 6) is -0.410. The van der Waals surface area contributed by atoms with Gasteiger partial charge in [0.15, 0.2) is 0 Å². The van der Waals surface area contributed by atoms with Crippen molar-refractivity contribution in [2.75, 3.05) is 5.32 Å². The predicted molar refractivity (Wildman–Crippen MR) is 117 cm³/mol. The molecule has 0 saturated carbocycles. The van der Waals surface area contributed by atoms with Crippen LogP contribution in [0.25, 0.3) is 6.08 Å². The third-order valence-corrected chi connectivity index (χ3v) is 5.23. The second-order valence-electron chi connectivity index (χ2n) is 6.41. The third kappa shape index (κ3) is 4.76. The first-order valence-electron chi connectivity index (χ1n) is 8.88. The normalized spacial score (nSPS) is 11.0. The molecule has 3 aromatic carbocycles. The fourth-order valence-corrected chi connectivity index (χ4v) is 3.31. The number of rotatable bonds is 5. The van der Waals surface area contributed by atoms with Crippen LogP contribution >= 0.6 is 15.9 Å². The number of anilines is 1. The number of para-hydroxylation sites is 1. The van der Waals surface area contributed by atoms with Crippen molar-refractivity contribution >= 4 is 33.6 Å². The number of carbonyl (C=O) groups is 1. The lowest BCUT2D eigenvalue weighted by molar-refractivity contribution is -0.112. The summed E-state index contributed by atoms with van der Waals surface area (Å²) < 4.78 is 1.03. The summed E-state index contributed by atoms with van der Waals surface area (Å²) in [5, 5.41) is 12.4. The van der Waals surface area contributed by atoms with E-state index >= 15 is 0 Å². The molecule has 4 heteroatoms. The molecule has 0 spiro atoms. The number of aryl methyl sites for hydroxylation is 1. The second kappa shape index (κ2) is 9.16. The SMILES string of the molecule is Cc1ccccc1NC(=O)/C(C#N)=C/c1ccccc1Cc1ccccc1Br. The molecule has 0 fully saturated rings. The molecule has 1 N–H and O–H groups in total. The van der Waals surface area contributed by atoms with E-state index in [-0.39, 0.29) is 5.57 Å². The van der Waals surface area contributed by atoms with E-state index in [0.29, 0.717) is 12.1 Å². The zero-order valence-corrected chi connectivity index (χ0v) is 17.0. The van der Waals surface area contributed by atoms with Crippen LogP contribution in [0.1, 0.15) is 22.3 Å². The van der Waals surface area contributed by atoms with E-state index < -0.39 is 5.91 Å². The minimum absolute atomic E-state index is 0.0721. The quantitative estimate of drug-likeness (QED) is 0.404. The summed E-state index contributed by atoms with van der Waals surface area (Å²) in [6.07, 6.45) is 2.35. The highest BCUT2D eigenvalue weighted by Gasteiger charge is 2.12. The van der Waals surface area contributed by atoms with Crippen molar-refractivity contribution in [1.82, 2.24) is 0 Å². The molecular formula is C24H19BrN2O. The maximum absolute atomic E-state index is 12.6. The summed E-state index contributed by atoms with van der Waals surface area (Å²) in [5.41, 5.74) is 4.77. The van der Waals surface area contributed by atoms with Crippen LogP contribution < -0.4 is 5.32 Å². The maximum Gasteiger partial charge on any atom is 0.266 e. The number of carbonyl (C=O) groups excluding carboxylic acids is 1. The molecule has 0 unspecified atom stereocenters. The topological polar surface area (TPSA) is 52.9 Å². The molecule has 0 aliphatic carbocycles. The number of nitrogens with zero attached hydrogens (tertiary/aromatic N) is 1. The second-order valence-corrected chi connectivity index (χ2v) is 7.26. The van der Waals surface area contributed by atoms with Crippen molar-refractivity contribution in [2.24, 2.45) is 0 Å². The van der Waals surface area contributed by atoms with Gasteiger partial charge in [0.05, 0.1) is 0 Å². The number of amides is 1. The van der Waals surface area contributed by atoms with Crippen LogP contribution in [-0.4, -0.2) is 5.91 Å². The van der Waals surface area contributed by atoms with Gasteiger partial charge >= 0.3 is 0 Å². The predicted octanol–water partition coefficient (Wildman–Crippen LogP) is 5.89. The van der Waals surface area contributed by atoms with Gasteiger partial charge in [0.2, 0.25) is 0 Å². The maximum atomic E-state index is 12.6. The van der Waals surface area contributed by atoms with Crippen molar-refractivity contribution in [2.45, 2.75) is 13.3 Å². The minimum atomic E-state index is -0.410. The average Bonchev–Trinajstić information content (AvgIpc) is 2.70. The van der Waals surface area contributed by atoms with Crippen LogP contribution in [0.4, 0.5) is 5.69 Å². The van der Waals surface area contributed by atoms with Gasteiger partial charge in [-0.05, 0) is 53.8 Å². The molecule has 0 aliphatic rings. The zero-order valence-electron chi connectivity index (χ0n) is 15.4. The molecule has 28 heavy (non-hydrogen) atoms. The lowest BCUT2D eigenvalue weighted by atomic mass is 9.98. The van der Waals surface area contributed by atoms with E-state index in [2.05, 4.69) is 27.3 Å². The van der Waals surface area contributed by atoms with Gasteiger partial charge in [-0.1, -0.05) is 76.6 Å². The van der Waals surface area contributed by atoms with Gasteiger partial charge in [-0.15, -0.1) is 0 Å². The molecular weight excluding hydrogens is 412 g/mol. The third-order valence-electron chi connectivity index (χ3n) is 4.45. The molecule has 0 aromatic heterocycles. The molecule has 0 saturated heterocycles. The van der Waals surface area contributed by atoms with Crippen LogP contribution in [0.5, 0.6) is 0 Å². The molecule has 3 aromatic rings. The zero-order chi connectivity index (χ0) is 19.9. The summed E-state index contributed by atoms with van der Waals surface area (Å²) in [6, 6.07) is 25.4. The van der Waals surface area contributed by atoms with Crippen molar-refractivity contribution in [3.05, 3.63) is 105 Å². The molecule has 0 heterocycles. The lowest BCUT2D eigenvalue weighted by Crippen LogP contribution is -2.14. The number of hydrogen-bond acceptors (Lipinski definition) is 2. The number of nitrogens with one attached hydrogen (secondary N) is 1. The number of halogens is 1. The Morgan fingerprint density at radius 2 is 1.64 bits per heavy atom. The Morgan fingerprint density at radius 3 is 2.36 bits per heavy atom. The van der Waals surface area contributed by atoms with Crippen LogP contribution in [0.15, 0.2) is 82.8 Å². The highest BCUT2D eigenvalue weighted by atomic mass is 79.9. The van der Waals surface area contributed by atoms with E-state index in [4.69, 9.17) is 0 Å². The average molecular weight is 431 g/mol. The van der Waals surface area contributed by atoms with Gasteiger partial charge in [0, 0.05) is 10.2 Å². The highest BCUT2D eigenvalue weighted by molar-refractivity contribution is 9.10. The van der Waals surface area contributed by atoms with E-state index in [1.165, 1.54) is 0 Å². The smallest absolute Gasteiger partial charge is 0.266 e. The Morgan fingerprint density at radius 1 is 1.00 bits per heavy atom. The van der Waals surface area contributed by atoms with Crippen LogP contribution in [0.3, 0.4) is 0 Å². The van der Waals surface area contributed by atoms with Crippen molar-refractivity contribution in [3.8, 4) is 6.07 Å². The Hall–Kier alpha value is -3.16. The van der Waals surface area contributed by atoms with Crippen molar-refractivity contribution in [1.29, 1.82) is 5.26 Å². The van der Waals surface area contributed by atoms with Gasteiger partial charge in [-0.25, -0.2) is 0 Å². The molecule has 0 aliphatic heterocycles. The first-order valence-corrected chi connectivity index (χ1v) is 9.68. The molecule has 0 bridgehead atoms. The summed E-state index contributed by atoms with van der Waals surface area (Å²) >= 11 is 3.58. The minimum Gasteiger partial charge on any atom is -0.321 e. The Kier molecular flexibility index (Phi) is 6.41. The first kappa shape index (κ1) is 19.6. The van der Waals surface area contributed by atoms with E-state index in [1.807, 2.05) is 79.7 Å². The van der Waals surface area contributed by atoms with Crippen LogP contribution in [0, 0.1) is 18.3 Å².